The van der Waals surface area contributed by atoms with Gasteiger partial charge in [0.05, 0.1) is 6.07 Å². The van der Waals surface area contributed by atoms with Crippen molar-refractivity contribution in [1.29, 1.82) is 5.26 Å². The molecule has 0 bridgehead atoms. The van der Waals surface area contributed by atoms with Crippen LogP contribution in [0, 0.1) is 11.3 Å². The Labute approximate surface area is 66.5 Å². The highest BCUT2D eigenvalue weighted by Crippen LogP contribution is 2.14. The summed E-state index contributed by atoms with van der Waals surface area (Å²) in [7, 11) is 0. The summed E-state index contributed by atoms with van der Waals surface area (Å²) in [5, 5.41) is 8.42. The standard InChI is InChI=1S/C9H10N2/c1-8(5-6-10)9-4-2-3-7-11-9/h2-4,7-8H,5H2,1H3/t8-/m1/s1. The van der Waals surface area contributed by atoms with Gasteiger partial charge in [-0.25, -0.2) is 0 Å². The third-order valence-electron chi connectivity index (χ3n) is 1.59. The van der Waals surface area contributed by atoms with E-state index < -0.39 is 0 Å². The lowest BCUT2D eigenvalue weighted by Crippen LogP contribution is -1.94. The van der Waals surface area contributed by atoms with E-state index in [4.69, 9.17) is 5.26 Å². The summed E-state index contributed by atoms with van der Waals surface area (Å²) in [6.07, 6.45) is 2.29. The van der Waals surface area contributed by atoms with Crippen LogP contribution in [0.4, 0.5) is 0 Å². The fourth-order valence-electron chi connectivity index (χ4n) is 0.909. The molecule has 0 aliphatic rings. The molecule has 56 valence electrons. The van der Waals surface area contributed by atoms with Gasteiger partial charge in [-0.15, -0.1) is 0 Å². The first-order chi connectivity index (χ1) is 5.34. The molecule has 0 aliphatic carbocycles. The second kappa shape index (κ2) is 3.72. The van der Waals surface area contributed by atoms with Crippen molar-refractivity contribution in [3.05, 3.63) is 30.1 Å². The topological polar surface area (TPSA) is 36.7 Å². The number of hydrogen-bond acceptors (Lipinski definition) is 2. The number of nitrogens with zero attached hydrogens (tertiary/aromatic N) is 2. The lowest BCUT2D eigenvalue weighted by atomic mass is 10.0. The SMILES string of the molecule is C[C@H](CC#N)c1ccccn1. The fraction of sp³-hybridized carbons (Fsp3) is 0.333. The van der Waals surface area contributed by atoms with Crippen LogP contribution in [0.2, 0.25) is 0 Å². The fourth-order valence-corrected chi connectivity index (χ4v) is 0.909. The van der Waals surface area contributed by atoms with Gasteiger partial charge in [0.2, 0.25) is 0 Å². The van der Waals surface area contributed by atoms with E-state index >= 15 is 0 Å². The first-order valence-electron chi connectivity index (χ1n) is 3.62. The summed E-state index contributed by atoms with van der Waals surface area (Å²) in [4.78, 5) is 4.15. The molecule has 0 amide bonds. The Balaban J connectivity index is 2.70. The van der Waals surface area contributed by atoms with Crippen molar-refractivity contribution in [2.75, 3.05) is 0 Å². The molecule has 0 saturated carbocycles. The van der Waals surface area contributed by atoms with Crippen LogP contribution in [-0.4, -0.2) is 4.98 Å². The highest BCUT2D eigenvalue weighted by molar-refractivity contribution is 5.09. The molecule has 2 heteroatoms. The van der Waals surface area contributed by atoms with E-state index in [1.54, 1.807) is 6.20 Å². The van der Waals surface area contributed by atoms with E-state index in [1.807, 2.05) is 25.1 Å². The minimum atomic E-state index is 0.251. The third-order valence-corrected chi connectivity index (χ3v) is 1.59. The van der Waals surface area contributed by atoms with Gasteiger partial charge in [-0.2, -0.15) is 5.26 Å². The summed E-state index contributed by atoms with van der Waals surface area (Å²) in [6, 6.07) is 7.89. The van der Waals surface area contributed by atoms with Crippen LogP contribution in [0.25, 0.3) is 0 Å². The van der Waals surface area contributed by atoms with E-state index in [1.165, 1.54) is 0 Å². The van der Waals surface area contributed by atoms with E-state index in [9.17, 15) is 0 Å². The van der Waals surface area contributed by atoms with Crippen LogP contribution in [0.1, 0.15) is 25.0 Å². The number of nitriles is 1. The summed E-state index contributed by atoms with van der Waals surface area (Å²) in [5.41, 5.74) is 0.994. The Hall–Kier alpha value is -1.36. The van der Waals surface area contributed by atoms with Gasteiger partial charge >= 0.3 is 0 Å². The maximum absolute atomic E-state index is 8.42. The summed E-state index contributed by atoms with van der Waals surface area (Å²) in [5.74, 6) is 0.251. The molecule has 1 aromatic rings. The second-order valence-electron chi connectivity index (χ2n) is 2.52. The average Bonchev–Trinajstić information content (AvgIpc) is 2.07. The minimum absolute atomic E-state index is 0.251. The largest absolute Gasteiger partial charge is 0.261 e. The molecule has 0 aromatic carbocycles. The van der Waals surface area contributed by atoms with E-state index in [0.29, 0.717) is 6.42 Å². The van der Waals surface area contributed by atoms with Crippen LogP contribution < -0.4 is 0 Å². The Morgan fingerprint density at radius 2 is 2.45 bits per heavy atom. The van der Waals surface area contributed by atoms with Gasteiger partial charge in [0.1, 0.15) is 0 Å². The first kappa shape index (κ1) is 7.74. The molecule has 0 saturated heterocycles. The van der Waals surface area contributed by atoms with Gasteiger partial charge in [-0.05, 0) is 12.1 Å². The maximum Gasteiger partial charge on any atom is 0.0628 e. The average molecular weight is 146 g/mol. The quantitative estimate of drug-likeness (QED) is 0.640. The highest BCUT2D eigenvalue weighted by atomic mass is 14.7. The molecular formula is C9H10N2. The molecule has 1 aromatic heterocycles. The smallest absolute Gasteiger partial charge is 0.0628 e. The summed E-state index contributed by atoms with van der Waals surface area (Å²) < 4.78 is 0. The normalized spacial score (nSPS) is 12.0. The van der Waals surface area contributed by atoms with Crippen molar-refractivity contribution in [1.82, 2.24) is 4.98 Å². The van der Waals surface area contributed by atoms with Gasteiger partial charge in [-0.1, -0.05) is 13.0 Å². The molecular weight excluding hydrogens is 136 g/mol. The minimum Gasteiger partial charge on any atom is -0.261 e. The Bertz CT molecular complexity index is 248. The molecule has 11 heavy (non-hydrogen) atoms. The monoisotopic (exact) mass is 146 g/mol. The second-order valence-corrected chi connectivity index (χ2v) is 2.52. The van der Waals surface area contributed by atoms with Crippen molar-refractivity contribution in [3.63, 3.8) is 0 Å². The molecule has 0 radical (unpaired) electrons. The van der Waals surface area contributed by atoms with Crippen molar-refractivity contribution < 1.29 is 0 Å². The number of pyridine rings is 1. The number of hydrogen-bond donors (Lipinski definition) is 0. The zero-order valence-electron chi connectivity index (χ0n) is 6.49. The van der Waals surface area contributed by atoms with Crippen LogP contribution in [0.5, 0.6) is 0 Å². The lowest BCUT2D eigenvalue weighted by molar-refractivity contribution is 0.757. The van der Waals surface area contributed by atoms with Crippen LogP contribution in [0.3, 0.4) is 0 Å². The van der Waals surface area contributed by atoms with E-state index in [-0.39, 0.29) is 5.92 Å². The summed E-state index contributed by atoms with van der Waals surface area (Å²) >= 11 is 0. The van der Waals surface area contributed by atoms with Crippen molar-refractivity contribution in [3.8, 4) is 6.07 Å². The summed E-state index contributed by atoms with van der Waals surface area (Å²) in [6.45, 7) is 2.01. The maximum atomic E-state index is 8.42. The molecule has 0 spiro atoms. The van der Waals surface area contributed by atoms with E-state index in [2.05, 4.69) is 11.1 Å². The Morgan fingerprint density at radius 3 is 3.00 bits per heavy atom. The van der Waals surface area contributed by atoms with Crippen LogP contribution >= 0.6 is 0 Å². The third kappa shape index (κ3) is 2.05. The Morgan fingerprint density at radius 1 is 1.64 bits per heavy atom. The van der Waals surface area contributed by atoms with Crippen molar-refractivity contribution in [2.24, 2.45) is 0 Å². The molecule has 0 aliphatic heterocycles. The molecule has 1 heterocycles. The molecule has 2 nitrogen and oxygen atoms in total. The molecule has 0 unspecified atom stereocenters. The van der Waals surface area contributed by atoms with Gasteiger partial charge in [0, 0.05) is 24.2 Å². The predicted octanol–water partition coefficient (Wildman–Crippen LogP) is 2.10. The Kier molecular flexibility index (Phi) is 2.62. The molecule has 1 rings (SSSR count). The van der Waals surface area contributed by atoms with Gasteiger partial charge in [0.15, 0.2) is 0 Å². The van der Waals surface area contributed by atoms with Crippen molar-refractivity contribution >= 4 is 0 Å². The van der Waals surface area contributed by atoms with Crippen molar-refractivity contribution in [2.45, 2.75) is 19.3 Å². The predicted molar refractivity (Wildman–Crippen MR) is 42.9 cm³/mol. The zero-order valence-corrected chi connectivity index (χ0v) is 6.49. The highest BCUT2D eigenvalue weighted by Gasteiger charge is 2.03. The zero-order chi connectivity index (χ0) is 8.10. The number of rotatable bonds is 2. The van der Waals surface area contributed by atoms with Crippen LogP contribution in [0.15, 0.2) is 24.4 Å². The number of aromatic nitrogens is 1. The molecule has 1 atom stereocenters. The molecule has 0 fully saturated rings. The molecule has 0 N–H and O–H groups in total. The van der Waals surface area contributed by atoms with Gasteiger partial charge < -0.3 is 0 Å². The lowest BCUT2D eigenvalue weighted by Gasteiger charge is -2.03. The van der Waals surface area contributed by atoms with E-state index in [0.717, 1.165) is 5.69 Å². The van der Waals surface area contributed by atoms with Gasteiger partial charge in [-0.3, -0.25) is 4.98 Å². The van der Waals surface area contributed by atoms with Crippen LogP contribution in [-0.2, 0) is 0 Å². The first-order valence-corrected chi connectivity index (χ1v) is 3.62. The van der Waals surface area contributed by atoms with Gasteiger partial charge in [0.25, 0.3) is 0 Å².